The van der Waals surface area contributed by atoms with Gasteiger partial charge in [-0.3, -0.25) is 4.99 Å². The summed E-state index contributed by atoms with van der Waals surface area (Å²) < 4.78 is 0. The molecule has 3 atom stereocenters. The van der Waals surface area contributed by atoms with Crippen LogP contribution in [0, 0.1) is 11.8 Å². The molecular weight excluding hydrogens is 186 g/mol. The second-order valence-corrected chi connectivity index (χ2v) is 4.28. The number of rotatable bonds is 0. The van der Waals surface area contributed by atoms with Crippen molar-refractivity contribution in [2.45, 2.75) is 12.5 Å². The van der Waals surface area contributed by atoms with Gasteiger partial charge in [0.15, 0.2) is 0 Å². The van der Waals surface area contributed by atoms with Crippen molar-refractivity contribution in [1.29, 1.82) is 0 Å². The van der Waals surface area contributed by atoms with Gasteiger partial charge in [0.05, 0.1) is 0 Å². The Labute approximate surface area is 89.5 Å². The molecule has 0 aromatic heterocycles. The van der Waals surface area contributed by atoms with Gasteiger partial charge in [-0.15, -0.1) is 0 Å². The van der Waals surface area contributed by atoms with Crippen LogP contribution in [0.2, 0.25) is 0 Å². The lowest BCUT2D eigenvalue weighted by atomic mass is 9.81. The average molecular weight is 201 g/mol. The third-order valence-electron chi connectivity index (χ3n) is 3.40. The number of amidine groups is 1. The quantitative estimate of drug-likeness (QED) is 0.613. The fourth-order valence-electron chi connectivity index (χ4n) is 2.57. The number of piperidine rings is 1. The number of hydrogen-bond donors (Lipinski definition) is 2. The highest BCUT2D eigenvalue weighted by atomic mass is 15.1. The summed E-state index contributed by atoms with van der Waals surface area (Å²) in [5, 5.41) is 3.42. The Morgan fingerprint density at radius 1 is 1.33 bits per heavy atom. The summed E-state index contributed by atoms with van der Waals surface area (Å²) in [6.45, 7) is 0.917. The van der Waals surface area contributed by atoms with E-state index in [0.717, 1.165) is 18.8 Å². The fourth-order valence-corrected chi connectivity index (χ4v) is 2.57. The van der Waals surface area contributed by atoms with E-state index >= 15 is 0 Å². The Kier molecular flexibility index (Phi) is 1.99. The number of hydrogen-bond acceptors (Lipinski definition) is 3. The minimum absolute atomic E-state index is 0.176. The Morgan fingerprint density at radius 2 is 2.27 bits per heavy atom. The summed E-state index contributed by atoms with van der Waals surface area (Å²) in [6.07, 6.45) is 11.5. The van der Waals surface area contributed by atoms with Crippen LogP contribution >= 0.6 is 0 Å². The molecule has 0 aromatic rings. The minimum Gasteiger partial charge on any atom is -0.347 e. The van der Waals surface area contributed by atoms with Crippen LogP contribution in [0.4, 0.5) is 0 Å². The average Bonchev–Trinajstić information content (AvgIpc) is 2.56. The number of nitrogens with one attached hydrogen (secondary N) is 1. The summed E-state index contributed by atoms with van der Waals surface area (Å²) in [5.74, 6) is 1.84. The van der Waals surface area contributed by atoms with E-state index in [9.17, 15) is 0 Å². The van der Waals surface area contributed by atoms with Crippen molar-refractivity contribution in [2.75, 3.05) is 6.54 Å². The van der Waals surface area contributed by atoms with Crippen molar-refractivity contribution in [3.8, 4) is 0 Å². The van der Waals surface area contributed by atoms with Gasteiger partial charge in [-0.25, -0.2) is 0 Å². The van der Waals surface area contributed by atoms with Gasteiger partial charge in [0.25, 0.3) is 0 Å². The molecule has 3 unspecified atom stereocenters. The Balaban J connectivity index is 1.98. The molecule has 0 amide bonds. The van der Waals surface area contributed by atoms with E-state index in [4.69, 9.17) is 5.73 Å². The molecule has 0 aromatic carbocycles. The first-order valence-corrected chi connectivity index (χ1v) is 5.48. The zero-order valence-corrected chi connectivity index (χ0v) is 8.56. The molecule has 0 saturated carbocycles. The molecule has 3 heteroatoms. The number of nitrogens with zero attached hydrogens (tertiary/aromatic N) is 1. The van der Waals surface area contributed by atoms with Crippen LogP contribution in [0.3, 0.4) is 0 Å². The van der Waals surface area contributed by atoms with Crippen molar-refractivity contribution >= 4 is 5.84 Å². The molecule has 2 aliphatic heterocycles. The third-order valence-corrected chi connectivity index (χ3v) is 3.40. The summed E-state index contributed by atoms with van der Waals surface area (Å²) in [7, 11) is 0. The maximum absolute atomic E-state index is 6.30. The van der Waals surface area contributed by atoms with Crippen molar-refractivity contribution in [3.63, 3.8) is 0 Å². The fraction of sp³-hybridized carbons (Fsp3) is 0.417. The molecule has 3 nitrogen and oxygen atoms in total. The first-order valence-electron chi connectivity index (χ1n) is 5.48. The predicted octanol–water partition coefficient (Wildman–Crippen LogP) is 0.961. The van der Waals surface area contributed by atoms with Gasteiger partial charge in [-0.2, -0.15) is 0 Å². The summed E-state index contributed by atoms with van der Waals surface area (Å²) >= 11 is 0. The Morgan fingerprint density at radius 3 is 3.20 bits per heavy atom. The second-order valence-electron chi connectivity index (χ2n) is 4.28. The molecule has 0 bridgehead atoms. The van der Waals surface area contributed by atoms with Crippen LogP contribution in [0.5, 0.6) is 0 Å². The normalized spacial score (nSPS) is 37.3. The molecule has 0 spiro atoms. The largest absolute Gasteiger partial charge is 0.347 e. The van der Waals surface area contributed by atoms with Gasteiger partial charge >= 0.3 is 0 Å². The van der Waals surface area contributed by atoms with Crippen molar-refractivity contribution in [3.05, 3.63) is 36.1 Å². The first kappa shape index (κ1) is 8.92. The lowest BCUT2D eigenvalue weighted by Gasteiger charge is -2.35. The minimum atomic E-state index is 0.176. The second kappa shape index (κ2) is 3.35. The molecule has 15 heavy (non-hydrogen) atoms. The van der Waals surface area contributed by atoms with E-state index < -0.39 is 0 Å². The molecule has 1 aliphatic carbocycles. The van der Waals surface area contributed by atoms with E-state index in [2.05, 4.69) is 28.5 Å². The zero-order valence-electron chi connectivity index (χ0n) is 8.56. The Hall–Kier alpha value is -1.35. The zero-order chi connectivity index (χ0) is 10.3. The first-order chi connectivity index (χ1) is 7.36. The lowest BCUT2D eigenvalue weighted by Crippen LogP contribution is -2.51. The molecule has 3 aliphatic rings. The molecule has 1 fully saturated rings. The van der Waals surface area contributed by atoms with E-state index in [-0.39, 0.29) is 6.04 Å². The van der Waals surface area contributed by atoms with Crippen LogP contribution in [0.25, 0.3) is 0 Å². The van der Waals surface area contributed by atoms with Gasteiger partial charge in [-0.1, -0.05) is 24.3 Å². The summed E-state index contributed by atoms with van der Waals surface area (Å²) in [4.78, 5) is 4.47. The molecule has 3 rings (SSSR count). The van der Waals surface area contributed by atoms with Crippen LogP contribution in [0.1, 0.15) is 6.42 Å². The standard InChI is InChI=1S/C12H15N3/c13-11-8-4-2-1-3-5-10(8)15-12-9(11)6-7-14-12/h1-5,8-9,11H,6-7,13H2,(H,14,15). The summed E-state index contributed by atoms with van der Waals surface area (Å²) in [5.41, 5.74) is 7.49. The maximum Gasteiger partial charge on any atom is 0.105 e. The highest BCUT2D eigenvalue weighted by Crippen LogP contribution is 2.31. The van der Waals surface area contributed by atoms with Gasteiger partial charge in [0.1, 0.15) is 5.84 Å². The molecule has 78 valence electrons. The molecule has 0 radical (unpaired) electrons. The number of aliphatic imine (C=N–C) groups is 1. The van der Waals surface area contributed by atoms with E-state index in [1.165, 1.54) is 5.70 Å². The third kappa shape index (κ3) is 1.35. The van der Waals surface area contributed by atoms with Crippen LogP contribution in [-0.2, 0) is 0 Å². The van der Waals surface area contributed by atoms with Crippen LogP contribution in [0.15, 0.2) is 41.1 Å². The van der Waals surface area contributed by atoms with Gasteiger partial charge in [0, 0.05) is 30.1 Å². The highest BCUT2D eigenvalue weighted by Gasteiger charge is 2.38. The topological polar surface area (TPSA) is 50.4 Å². The van der Waals surface area contributed by atoms with Gasteiger partial charge in [-0.05, 0) is 12.5 Å². The molecule has 3 N–H and O–H groups in total. The van der Waals surface area contributed by atoms with E-state index in [1.807, 2.05) is 12.2 Å². The molecule has 1 saturated heterocycles. The van der Waals surface area contributed by atoms with Gasteiger partial charge < -0.3 is 11.1 Å². The smallest absolute Gasteiger partial charge is 0.105 e. The van der Waals surface area contributed by atoms with Crippen molar-refractivity contribution < 1.29 is 0 Å². The van der Waals surface area contributed by atoms with Gasteiger partial charge in [0.2, 0.25) is 0 Å². The number of allylic oxidation sites excluding steroid dienone is 4. The monoisotopic (exact) mass is 201 g/mol. The highest BCUT2D eigenvalue weighted by molar-refractivity contribution is 5.89. The van der Waals surface area contributed by atoms with Crippen LogP contribution < -0.4 is 11.1 Å². The van der Waals surface area contributed by atoms with E-state index in [1.54, 1.807) is 0 Å². The SMILES string of the molecule is NC1C2C=CC=CC=C2NC2=NCCC21. The summed E-state index contributed by atoms with van der Waals surface area (Å²) in [6, 6.07) is 0.176. The van der Waals surface area contributed by atoms with Crippen molar-refractivity contribution in [2.24, 2.45) is 22.6 Å². The predicted molar refractivity (Wildman–Crippen MR) is 61.4 cm³/mol. The van der Waals surface area contributed by atoms with Crippen molar-refractivity contribution in [1.82, 2.24) is 5.32 Å². The molecular formula is C12H15N3. The molecule has 2 heterocycles. The van der Waals surface area contributed by atoms with E-state index in [0.29, 0.717) is 11.8 Å². The lowest BCUT2D eigenvalue weighted by molar-refractivity contribution is 0.419. The van der Waals surface area contributed by atoms with Crippen LogP contribution in [-0.4, -0.2) is 18.4 Å². The maximum atomic E-state index is 6.30. The number of nitrogens with two attached hydrogens (primary N) is 1. The number of fused-ring (bicyclic) bond motifs is 2. The Bertz CT molecular complexity index is 390.